The normalized spacial score (nSPS) is 17.4. The second kappa shape index (κ2) is 11.2. The van der Waals surface area contributed by atoms with Crippen LogP contribution in [0.3, 0.4) is 0 Å². The van der Waals surface area contributed by atoms with Gasteiger partial charge in [-0.15, -0.1) is 0 Å². The maximum absolute atomic E-state index is 13.2. The van der Waals surface area contributed by atoms with Crippen LogP contribution in [0.5, 0.6) is 5.75 Å². The summed E-state index contributed by atoms with van der Waals surface area (Å²) in [6, 6.07) is 11.6. The van der Waals surface area contributed by atoms with E-state index >= 15 is 0 Å². The number of ether oxygens (including phenoxy) is 2. The zero-order chi connectivity index (χ0) is 23.9. The van der Waals surface area contributed by atoms with Gasteiger partial charge < -0.3 is 23.3 Å². The van der Waals surface area contributed by atoms with Gasteiger partial charge in [0.05, 0.1) is 38.3 Å². The molecule has 1 amide bonds. The monoisotopic (exact) mass is 465 g/mol. The van der Waals surface area contributed by atoms with Crippen LogP contribution < -0.4 is 4.74 Å². The molecule has 1 saturated heterocycles. The number of hydrogen-bond acceptors (Lipinski definition) is 7. The van der Waals surface area contributed by atoms with Gasteiger partial charge in [0.15, 0.2) is 0 Å². The Labute approximate surface area is 199 Å². The number of hydrogen-bond donors (Lipinski definition) is 0. The van der Waals surface area contributed by atoms with E-state index in [0.717, 1.165) is 34.1 Å². The van der Waals surface area contributed by atoms with E-state index in [1.54, 1.807) is 13.4 Å². The zero-order valence-electron chi connectivity index (χ0n) is 19.9. The largest absolute Gasteiger partial charge is 0.497 e. The van der Waals surface area contributed by atoms with E-state index in [0.29, 0.717) is 39.3 Å². The van der Waals surface area contributed by atoms with Crippen molar-refractivity contribution < 1.29 is 23.2 Å². The highest BCUT2D eigenvalue weighted by molar-refractivity contribution is 5.78. The fraction of sp³-hybridized carbons (Fsp3) is 0.385. The molecule has 8 heteroatoms. The third-order valence-corrected chi connectivity index (χ3v) is 5.94. The smallest absolute Gasteiger partial charge is 0.237 e. The van der Waals surface area contributed by atoms with Crippen molar-refractivity contribution in [2.45, 2.75) is 33.1 Å². The summed E-state index contributed by atoms with van der Waals surface area (Å²) in [7, 11) is 1.64. The Morgan fingerprint density at radius 1 is 1.21 bits per heavy atom. The number of carbonyl (C=O) groups excluding carboxylic acids is 1. The number of rotatable bonds is 9. The Kier molecular flexibility index (Phi) is 7.82. The van der Waals surface area contributed by atoms with Crippen molar-refractivity contribution in [1.82, 2.24) is 15.0 Å². The van der Waals surface area contributed by atoms with Crippen LogP contribution >= 0.6 is 0 Å². The quantitative estimate of drug-likeness (QED) is 0.475. The lowest BCUT2D eigenvalue weighted by Crippen LogP contribution is -2.37. The third-order valence-electron chi connectivity index (χ3n) is 5.94. The Morgan fingerprint density at radius 3 is 2.82 bits per heavy atom. The van der Waals surface area contributed by atoms with Crippen LogP contribution in [0.1, 0.15) is 28.3 Å². The van der Waals surface area contributed by atoms with Gasteiger partial charge in [-0.3, -0.25) is 9.69 Å². The Balaban J connectivity index is 1.48. The molecule has 1 fully saturated rings. The fourth-order valence-corrected chi connectivity index (χ4v) is 4.05. The molecule has 34 heavy (non-hydrogen) atoms. The number of carbonyl (C=O) groups is 1. The van der Waals surface area contributed by atoms with Gasteiger partial charge >= 0.3 is 0 Å². The first-order chi connectivity index (χ1) is 16.5. The van der Waals surface area contributed by atoms with Crippen LogP contribution in [-0.2, 0) is 22.7 Å². The van der Waals surface area contributed by atoms with Crippen molar-refractivity contribution in [1.29, 1.82) is 0 Å². The molecule has 0 N–H and O–H groups in total. The minimum absolute atomic E-state index is 0.0673. The first-order valence-electron chi connectivity index (χ1n) is 11.4. The first-order valence-corrected chi connectivity index (χ1v) is 11.4. The molecule has 2 aromatic heterocycles. The van der Waals surface area contributed by atoms with Crippen molar-refractivity contribution >= 4 is 12.0 Å². The first kappa shape index (κ1) is 23.8. The number of amides is 1. The Morgan fingerprint density at radius 2 is 2.09 bits per heavy atom. The molecule has 1 aliphatic rings. The highest BCUT2D eigenvalue weighted by atomic mass is 16.5. The molecular formula is C26H31N3O5. The summed E-state index contributed by atoms with van der Waals surface area (Å²) >= 11 is 0. The molecular weight excluding hydrogens is 434 g/mol. The van der Waals surface area contributed by atoms with Crippen LogP contribution in [0.15, 0.2) is 57.7 Å². The third kappa shape index (κ3) is 6.15. The standard InChI is InChI=1S/C26H31N3O5/c1-19-25(20(2)34-27-19)18-33-24-15-28(11-5-9-22-10-6-12-32-22)17-26(30)29(16-24)14-21-7-4-8-23(13-21)31-3/h4-10,12-13,24H,11,14-18H2,1-3H3/b9-5+/t24-/m1/s1. The number of aryl methyl sites for hydroxylation is 2. The van der Waals surface area contributed by atoms with E-state index in [-0.39, 0.29) is 12.0 Å². The van der Waals surface area contributed by atoms with E-state index in [1.165, 1.54) is 0 Å². The van der Waals surface area contributed by atoms with E-state index < -0.39 is 0 Å². The number of aromatic nitrogens is 1. The van der Waals surface area contributed by atoms with E-state index in [9.17, 15) is 4.79 Å². The molecule has 0 spiro atoms. The Hall–Kier alpha value is -3.36. The summed E-state index contributed by atoms with van der Waals surface area (Å²) in [5.41, 5.74) is 2.80. The molecule has 0 unspecified atom stereocenters. The van der Waals surface area contributed by atoms with Crippen molar-refractivity contribution in [2.24, 2.45) is 0 Å². The lowest BCUT2D eigenvalue weighted by atomic mass is 10.2. The maximum Gasteiger partial charge on any atom is 0.237 e. The predicted molar refractivity (Wildman–Crippen MR) is 127 cm³/mol. The SMILES string of the molecule is COc1cccc(CN2C[C@H](OCc3c(C)noc3C)CN(C/C=C/c3ccco3)CC2=O)c1. The minimum Gasteiger partial charge on any atom is -0.497 e. The van der Waals surface area contributed by atoms with Crippen LogP contribution in [0, 0.1) is 13.8 Å². The Bertz CT molecular complexity index is 1090. The van der Waals surface area contributed by atoms with Gasteiger partial charge in [-0.05, 0) is 49.8 Å². The van der Waals surface area contributed by atoms with Gasteiger partial charge in [0.25, 0.3) is 0 Å². The summed E-state index contributed by atoms with van der Waals surface area (Å²) in [6.45, 7) is 6.75. The van der Waals surface area contributed by atoms with E-state index in [4.69, 9.17) is 18.4 Å². The van der Waals surface area contributed by atoms with E-state index in [2.05, 4.69) is 10.1 Å². The molecule has 0 radical (unpaired) electrons. The molecule has 3 aromatic rings. The second-order valence-electron chi connectivity index (χ2n) is 8.47. The lowest BCUT2D eigenvalue weighted by molar-refractivity contribution is -0.132. The molecule has 1 aliphatic heterocycles. The summed E-state index contributed by atoms with van der Waals surface area (Å²) in [6.07, 6.45) is 5.41. The van der Waals surface area contributed by atoms with Crippen LogP contribution in [0.4, 0.5) is 0 Å². The average molecular weight is 466 g/mol. The lowest BCUT2D eigenvalue weighted by Gasteiger charge is -2.25. The fourth-order valence-electron chi connectivity index (χ4n) is 4.05. The maximum atomic E-state index is 13.2. The van der Waals surface area contributed by atoms with Crippen LogP contribution in [0.25, 0.3) is 6.08 Å². The van der Waals surface area contributed by atoms with Gasteiger partial charge in [-0.25, -0.2) is 0 Å². The summed E-state index contributed by atoms with van der Waals surface area (Å²) < 4.78 is 22.3. The van der Waals surface area contributed by atoms with Gasteiger partial charge in [0.1, 0.15) is 17.3 Å². The number of furan rings is 1. The number of benzene rings is 1. The van der Waals surface area contributed by atoms with Crippen molar-refractivity contribution in [3.8, 4) is 5.75 Å². The van der Waals surface area contributed by atoms with Gasteiger partial charge in [0.2, 0.25) is 5.91 Å². The zero-order valence-corrected chi connectivity index (χ0v) is 19.9. The van der Waals surface area contributed by atoms with Crippen molar-refractivity contribution in [3.63, 3.8) is 0 Å². The topological polar surface area (TPSA) is 81.2 Å². The molecule has 0 saturated carbocycles. The molecule has 180 valence electrons. The number of nitrogens with zero attached hydrogens (tertiary/aromatic N) is 3. The molecule has 8 nitrogen and oxygen atoms in total. The summed E-state index contributed by atoms with van der Waals surface area (Å²) in [5, 5.41) is 4.02. The molecule has 1 atom stereocenters. The van der Waals surface area contributed by atoms with Gasteiger partial charge in [-0.1, -0.05) is 23.4 Å². The van der Waals surface area contributed by atoms with Crippen molar-refractivity contribution in [3.05, 3.63) is 77.1 Å². The van der Waals surface area contributed by atoms with E-state index in [1.807, 2.05) is 67.3 Å². The van der Waals surface area contributed by atoms with Crippen LogP contribution in [-0.4, -0.2) is 60.3 Å². The molecule has 0 aliphatic carbocycles. The molecule has 0 bridgehead atoms. The minimum atomic E-state index is -0.164. The summed E-state index contributed by atoms with van der Waals surface area (Å²) in [4.78, 5) is 17.2. The molecule has 3 heterocycles. The highest BCUT2D eigenvalue weighted by Gasteiger charge is 2.28. The summed E-state index contributed by atoms with van der Waals surface area (Å²) in [5.74, 6) is 2.38. The van der Waals surface area contributed by atoms with Gasteiger partial charge in [-0.2, -0.15) is 0 Å². The van der Waals surface area contributed by atoms with Crippen molar-refractivity contribution in [2.75, 3.05) is 33.3 Å². The highest BCUT2D eigenvalue weighted by Crippen LogP contribution is 2.19. The average Bonchev–Trinajstić information content (AvgIpc) is 3.43. The number of methoxy groups -OCH3 is 1. The van der Waals surface area contributed by atoms with Crippen LogP contribution in [0.2, 0.25) is 0 Å². The predicted octanol–water partition coefficient (Wildman–Crippen LogP) is 3.84. The second-order valence-corrected chi connectivity index (χ2v) is 8.47. The molecule has 4 rings (SSSR count). The molecule has 1 aromatic carbocycles. The van der Waals surface area contributed by atoms with Gasteiger partial charge in [0, 0.05) is 31.7 Å².